The van der Waals surface area contributed by atoms with Gasteiger partial charge in [0, 0.05) is 25.1 Å². The molecule has 0 saturated heterocycles. The second-order valence-electron chi connectivity index (χ2n) is 3.89. The Labute approximate surface area is 97.9 Å². The summed E-state index contributed by atoms with van der Waals surface area (Å²) < 4.78 is 15.4. The summed E-state index contributed by atoms with van der Waals surface area (Å²) in [5.74, 6) is -0.827. The summed E-state index contributed by atoms with van der Waals surface area (Å²) in [5.41, 5.74) is 6.28. The van der Waals surface area contributed by atoms with E-state index in [0.29, 0.717) is 11.3 Å². The highest BCUT2D eigenvalue weighted by Crippen LogP contribution is 2.19. The number of carbonyl (C=O) groups excluding carboxylic acids is 1. The number of halogens is 1. The lowest BCUT2D eigenvalue weighted by atomic mass is 10.0. The molecule has 2 N–H and O–H groups in total. The maximum absolute atomic E-state index is 13.8. The van der Waals surface area contributed by atoms with Crippen LogP contribution in [0.1, 0.15) is 21.7 Å². The summed E-state index contributed by atoms with van der Waals surface area (Å²) >= 11 is 0. The van der Waals surface area contributed by atoms with Gasteiger partial charge in [0.2, 0.25) is 5.78 Å². The van der Waals surface area contributed by atoms with Gasteiger partial charge in [-0.2, -0.15) is 0 Å². The molecule has 0 atom stereocenters. The third-order valence-electron chi connectivity index (χ3n) is 2.55. The van der Waals surface area contributed by atoms with E-state index in [2.05, 4.69) is 4.98 Å². The molecule has 88 valence electrons. The Hall–Kier alpha value is -2.17. The second-order valence-corrected chi connectivity index (χ2v) is 3.89. The molecular formula is C12H12FN3O. The first kappa shape index (κ1) is 11.3. The molecular weight excluding hydrogens is 221 g/mol. The predicted molar refractivity (Wildman–Crippen MR) is 62.2 cm³/mol. The van der Waals surface area contributed by atoms with E-state index in [1.54, 1.807) is 24.7 Å². The minimum Gasteiger partial charge on any atom is -0.399 e. The van der Waals surface area contributed by atoms with Gasteiger partial charge in [-0.3, -0.25) is 4.79 Å². The molecule has 2 rings (SSSR count). The van der Waals surface area contributed by atoms with Gasteiger partial charge in [0.1, 0.15) is 5.82 Å². The normalized spacial score (nSPS) is 10.5. The van der Waals surface area contributed by atoms with E-state index >= 15 is 0 Å². The monoisotopic (exact) mass is 233 g/mol. The number of hydrogen-bond acceptors (Lipinski definition) is 3. The average molecular weight is 233 g/mol. The third kappa shape index (κ3) is 1.91. The lowest BCUT2D eigenvalue weighted by Gasteiger charge is -2.06. The lowest BCUT2D eigenvalue weighted by molar-refractivity contribution is 0.102. The van der Waals surface area contributed by atoms with Gasteiger partial charge in [-0.05, 0) is 24.6 Å². The van der Waals surface area contributed by atoms with Crippen molar-refractivity contribution in [2.24, 2.45) is 7.05 Å². The van der Waals surface area contributed by atoms with Crippen molar-refractivity contribution in [2.45, 2.75) is 6.92 Å². The molecule has 0 spiro atoms. The summed E-state index contributed by atoms with van der Waals surface area (Å²) in [5, 5.41) is 0. The average Bonchev–Trinajstić information content (AvgIpc) is 2.69. The number of anilines is 1. The second kappa shape index (κ2) is 4.01. The first-order valence-electron chi connectivity index (χ1n) is 5.08. The SMILES string of the molecule is Cc1cc(N)cc(C(=O)c2nccn2C)c1F. The van der Waals surface area contributed by atoms with Gasteiger partial charge in [0.05, 0.1) is 5.56 Å². The number of ketones is 1. The van der Waals surface area contributed by atoms with E-state index < -0.39 is 11.6 Å². The van der Waals surface area contributed by atoms with Crippen molar-refractivity contribution in [1.82, 2.24) is 9.55 Å². The molecule has 0 fully saturated rings. The summed E-state index contributed by atoms with van der Waals surface area (Å²) in [6, 6.07) is 2.82. The number of aromatic nitrogens is 2. The van der Waals surface area contributed by atoms with Crippen LogP contribution in [0.15, 0.2) is 24.5 Å². The lowest BCUT2D eigenvalue weighted by Crippen LogP contribution is -2.12. The summed E-state index contributed by atoms with van der Waals surface area (Å²) in [6.07, 6.45) is 3.12. The Morgan fingerprint density at radius 1 is 1.47 bits per heavy atom. The van der Waals surface area contributed by atoms with Crippen molar-refractivity contribution in [3.05, 3.63) is 47.3 Å². The Morgan fingerprint density at radius 2 is 2.18 bits per heavy atom. The highest BCUT2D eigenvalue weighted by molar-refractivity contribution is 6.07. The van der Waals surface area contributed by atoms with E-state index in [1.165, 1.54) is 18.3 Å². The molecule has 1 aromatic heterocycles. The van der Waals surface area contributed by atoms with Gasteiger partial charge >= 0.3 is 0 Å². The number of imidazole rings is 1. The van der Waals surface area contributed by atoms with Crippen molar-refractivity contribution in [2.75, 3.05) is 5.73 Å². The highest BCUT2D eigenvalue weighted by atomic mass is 19.1. The van der Waals surface area contributed by atoms with Crippen LogP contribution >= 0.6 is 0 Å². The minimum absolute atomic E-state index is 0.0446. The molecule has 0 aliphatic rings. The molecule has 17 heavy (non-hydrogen) atoms. The van der Waals surface area contributed by atoms with Crippen LogP contribution < -0.4 is 5.73 Å². The zero-order valence-electron chi connectivity index (χ0n) is 9.57. The van der Waals surface area contributed by atoms with Crippen LogP contribution in [0.2, 0.25) is 0 Å². The number of nitrogens with two attached hydrogens (primary N) is 1. The van der Waals surface area contributed by atoms with Crippen LogP contribution in [0.4, 0.5) is 10.1 Å². The fraction of sp³-hybridized carbons (Fsp3) is 0.167. The fourth-order valence-corrected chi connectivity index (χ4v) is 1.67. The molecule has 0 bridgehead atoms. The topological polar surface area (TPSA) is 60.9 Å². The standard InChI is InChI=1S/C12H12FN3O/c1-7-5-8(14)6-9(10(7)13)11(17)12-15-3-4-16(12)2/h3-6H,14H2,1-2H3. The molecule has 0 amide bonds. The van der Waals surface area contributed by atoms with Gasteiger partial charge in [0.25, 0.3) is 0 Å². The fourth-order valence-electron chi connectivity index (χ4n) is 1.67. The molecule has 4 nitrogen and oxygen atoms in total. The quantitative estimate of drug-likeness (QED) is 0.634. The van der Waals surface area contributed by atoms with Gasteiger partial charge in [-0.15, -0.1) is 0 Å². The maximum Gasteiger partial charge on any atom is 0.231 e. The third-order valence-corrected chi connectivity index (χ3v) is 2.55. The van der Waals surface area contributed by atoms with Crippen LogP contribution in [-0.2, 0) is 7.05 Å². The van der Waals surface area contributed by atoms with Crippen molar-refractivity contribution < 1.29 is 9.18 Å². The molecule has 0 aliphatic carbocycles. The Balaban J connectivity index is 2.55. The van der Waals surface area contributed by atoms with Gasteiger partial charge < -0.3 is 10.3 Å². The maximum atomic E-state index is 13.8. The predicted octanol–water partition coefficient (Wildman–Crippen LogP) is 1.68. The Morgan fingerprint density at radius 3 is 2.76 bits per heavy atom. The number of benzene rings is 1. The van der Waals surface area contributed by atoms with Crippen molar-refractivity contribution in [3.63, 3.8) is 0 Å². The van der Waals surface area contributed by atoms with Crippen LogP contribution in [0.25, 0.3) is 0 Å². The van der Waals surface area contributed by atoms with Gasteiger partial charge in [-0.25, -0.2) is 9.37 Å². The van der Waals surface area contributed by atoms with E-state index in [9.17, 15) is 9.18 Å². The first-order chi connectivity index (χ1) is 8.00. The molecule has 1 aromatic carbocycles. The van der Waals surface area contributed by atoms with Crippen LogP contribution in [0.5, 0.6) is 0 Å². The van der Waals surface area contributed by atoms with E-state index in [-0.39, 0.29) is 11.4 Å². The molecule has 1 heterocycles. The zero-order valence-corrected chi connectivity index (χ0v) is 9.57. The van der Waals surface area contributed by atoms with Crippen molar-refractivity contribution >= 4 is 11.5 Å². The number of carbonyl (C=O) groups is 1. The zero-order chi connectivity index (χ0) is 12.6. The van der Waals surface area contributed by atoms with Crippen LogP contribution in [-0.4, -0.2) is 15.3 Å². The molecule has 5 heteroatoms. The van der Waals surface area contributed by atoms with E-state index in [4.69, 9.17) is 5.73 Å². The Kier molecular flexibility index (Phi) is 2.67. The van der Waals surface area contributed by atoms with E-state index in [0.717, 1.165) is 0 Å². The molecule has 0 radical (unpaired) electrons. The first-order valence-corrected chi connectivity index (χ1v) is 5.08. The molecule has 0 unspecified atom stereocenters. The Bertz CT molecular complexity index is 589. The van der Waals surface area contributed by atoms with Crippen molar-refractivity contribution in [3.8, 4) is 0 Å². The molecule has 0 saturated carbocycles. The van der Waals surface area contributed by atoms with Crippen LogP contribution in [0.3, 0.4) is 0 Å². The highest BCUT2D eigenvalue weighted by Gasteiger charge is 2.19. The van der Waals surface area contributed by atoms with Gasteiger partial charge in [0.15, 0.2) is 5.82 Å². The number of rotatable bonds is 2. The molecule has 2 aromatic rings. The summed E-state index contributed by atoms with van der Waals surface area (Å²) in [6.45, 7) is 1.57. The van der Waals surface area contributed by atoms with Crippen LogP contribution in [0, 0.1) is 12.7 Å². The summed E-state index contributed by atoms with van der Waals surface area (Å²) in [7, 11) is 1.68. The minimum atomic E-state index is -0.549. The van der Waals surface area contributed by atoms with Crippen molar-refractivity contribution in [1.29, 1.82) is 0 Å². The smallest absolute Gasteiger partial charge is 0.231 e. The molecule has 0 aliphatic heterocycles. The van der Waals surface area contributed by atoms with Gasteiger partial charge in [-0.1, -0.05) is 0 Å². The van der Waals surface area contributed by atoms with E-state index in [1.807, 2.05) is 0 Å². The largest absolute Gasteiger partial charge is 0.399 e. The number of aryl methyl sites for hydroxylation is 2. The number of hydrogen-bond donors (Lipinski definition) is 1. The number of nitrogens with zero attached hydrogens (tertiary/aromatic N) is 2. The number of nitrogen functional groups attached to an aromatic ring is 1. The summed E-state index contributed by atoms with van der Waals surface area (Å²) in [4.78, 5) is 16.0.